The number of benzene rings is 1. The van der Waals surface area contributed by atoms with Gasteiger partial charge in [-0.2, -0.15) is 0 Å². The van der Waals surface area contributed by atoms with Gasteiger partial charge in [-0.25, -0.2) is 0 Å². The summed E-state index contributed by atoms with van der Waals surface area (Å²) >= 11 is 0. The first kappa shape index (κ1) is 13.8. The lowest BCUT2D eigenvalue weighted by molar-refractivity contribution is 0.502. The second kappa shape index (κ2) is 6.10. The zero-order valence-corrected chi connectivity index (χ0v) is 12.5. The molecule has 0 saturated carbocycles. The first-order chi connectivity index (χ1) is 10.3. The molecule has 1 atom stereocenters. The van der Waals surface area contributed by atoms with Gasteiger partial charge >= 0.3 is 0 Å². The SMILES string of the molecule is CCNC(c1ccc2cccnc2c1)c1ccoc1CC. The summed E-state index contributed by atoms with van der Waals surface area (Å²) < 4.78 is 5.59. The van der Waals surface area contributed by atoms with Crippen LogP contribution in [0.15, 0.2) is 53.3 Å². The van der Waals surface area contributed by atoms with Crippen molar-refractivity contribution in [2.45, 2.75) is 26.3 Å². The van der Waals surface area contributed by atoms with E-state index in [4.69, 9.17) is 4.42 Å². The van der Waals surface area contributed by atoms with E-state index in [9.17, 15) is 0 Å². The molecule has 0 spiro atoms. The van der Waals surface area contributed by atoms with Gasteiger partial charge in [0.25, 0.3) is 0 Å². The van der Waals surface area contributed by atoms with E-state index < -0.39 is 0 Å². The van der Waals surface area contributed by atoms with Gasteiger partial charge in [0, 0.05) is 23.6 Å². The molecule has 21 heavy (non-hydrogen) atoms. The van der Waals surface area contributed by atoms with Crippen LogP contribution in [-0.2, 0) is 6.42 Å². The zero-order chi connectivity index (χ0) is 14.7. The van der Waals surface area contributed by atoms with Gasteiger partial charge in [0.2, 0.25) is 0 Å². The molecule has 0 aliphatic carbocycles. The van der Waals surface area contributed by atoms with E-state index in [0.29, 0.717) is 0 Å². The van der Waals surface area contributed by atoms with Gasteiger partial charge in [0.15, 0.2) is 0 Å². The maximum absolute atomic E-state index is 5.59. The van der Waals surface area contributed by atoms with E-state index in [2.05, 4.69) is 54.5 Å². The van der Waals surface area contributed by atoms with Crippen molar-refractivity contribution in [3.05, 3.63) is 65.7 Å². The van der Waals surface area contributed by atoms with E-state index in [-0.39, 0.29) is 6.04 Å². The third kappa shape index (κ3) is 2.69. The Morgan fingerprint density at radius 3 is 2.90 bits per heavy atom. The average molecular weight is 280 g/mol. The smallest absolute Gasteiger partial charge is 0.108 e. The Bertz CT molecular complexity index is 733. The lowest BCUT2D eigenvalue weighted by Gasteiger charge is -2.19. The third-order valence-corrected chi connectivity index (χ3v) is 3.78. The highest BCUT2D eigenvalue weighted by molar-refractivity contribution is 5.79. The molecular weight excluding hydrogens is 260 g/mol. The van der Waals surface area contributed by atoms with Gasteiger partial charge in [-0.3, -0.25) is 4.98 Å². The van der Waals surface area contributed by atoms with Crippen molar-refractivity contribution in [1.29, 1.82) is 0 Å². The Morgan fingerprint density at radius 2 is 2.10 bits per heavy atom. The lowest BCUT2D eigenvalue weighted by atomic mass is 9.97. The fourth-order valence-corrected chi connectivity index (χ4v) is 2.77. The summed E-state index contributed by atoms with van der Waals surface area (Å²) in [5.74, 6) is 1.04. The standard InChI is InChI=1S/C18H20N2O/c1-3-17-15(9-11-21-17)18(19-4-2)14-8-7-13-6-5-10-20-16(13)12-14/h5-12,18-19H,3-4H2,1-2H3. The predicted molar refractivity (Wildman–Crippen MR) is 85.3 cm³/mol. The van der Waals surface area contributed by atoms with Crippen LogP contribution < -0.4 is 5.32 Å². The fraction of sp³-hybridized carbons (Fsp3) is 0.278. The van der Waals surface area contributed by atoms with Crippen LogP contribution in [-0.4, -0.2) is 11.5 Å². The summed E-state index contributed by atoms with van der Waals surface area (Å²) in [6, 6.07) is 12.7. The molecule has 0 aliphatic rings. The number of fused-ring (bicyclic) bond motifs is 1. The van der Waals surface area contributed by atoms with Crippen molar-refractivity contribution in [3.63, 3.8) is 0 Å². The number of hydrogen-bond donors (Lipinski definition) is 1. The molecule has 2 heterocycles. The maximum atomic E-state index is 5.59. The topological polar surface area (TPSA) is 38.1 Å². The Kier molecular flexibility index (Phi) is 4.02. The van der Waals surface area contributed by atoms with E-state index in [0.717, 1.165) is 24.2 Å². The molecule has 2 aromatic heterocycles. The summed E-state index contributed by atoms with van der Waals surface area (Å²) in [5.41, 5.74) is 3.47. The number of nitrogens with one attached hydrogen (secondary N) is 1. The summed E-state index contributed by atoms with van der Waals surface area (Å²) in [6.45, 7) is 5.14. The van der Waals surface area contributed by atoms with Crippen LogP contribution in [0.2, 0.25) is 0 Å². The molecule has 108 valence electrons. The molecule has 0 fully saturated rings. The second-order valence-corrected chi connectivity index (χ2v) is 5.10. The number of aromatic nitrogens is 1. The fourth-order valence-electron chi connectivity index (χ4n) is 2.77. The van der Waals surface area contributed by atoms with Gasteiger partial charge < -0.3 is 9.73 Å². The molecule has 1 unspecified atom stereocenters. The van der Waals surface area contributed by atoms with Crippen molar-refractivity contribution in [3.8, 4) is 0 Å². The minimum Gasteiger partial charge on any atom is -0.469 e. The number of nitrogens with zero attached hydrogens (tertiary/aromatic N) is 1. The quantitative estimate of drug-likeness (QED) is 0.765. The first-order valence-electron chi connectivity index (χ1n) is 7.47. The van der Waals surface area contributed by atoms with Crippen molar-refractivity contribution in [2.75, 3.05) is 6.54 Å². The summed E-state index contributed by atoms with van der Waals surface area (Å²) in [4.78, 5) is 4.46. The summed E-state index contributed by atoms with van der Waals surface area (Å²) in [5, 5.41) is 4.72. The van der Waals surface area contributed by atoms with Crippen LogP contribution in [0.5, 0.6) is 0 Å². The van der Waals surface area contributed by atoms with Gasteiger partial charge in [0.05, 0.1) is 17.8 Å². The normalized spacial score (nSPS) is 12.7. The lowest BCUT2D eigenvalue weighted by Crippen LogP contribution is -2.22. The molecule has 0 aliphatic heterocycles. The molecule has 3 rings (SSSR count). The Hall–Kier alpha value is -2.13. The highest BCUT2D eigenvalue weighted by atomic mass is 16.3. The third-order valence-electron chi connectivity index (χ3n) is 3.78. The molecular formula is C18H20N2O. The van der Waals surface area contributed by atoms with Crippen LogP contribution in [0.1, 0.15) is 36.8 Å². The number of aryl methyl sites for hydroxylation is 1. The van der Waals surface area contributed by atoms with Crippen molar-refractivity contribution in [2.24, 2.45) is 0 Å². The summed E-state index contributed by atoms with van der Waals surface area (Å²) in [6.07, 6.45) is 4.51. The van der Waals surface area contributed by atoms with Crippen molar-refractivity contribution < 1.29 is 4.42 Å². The Labute approximate surface area is 125 Å². The van der Waals surface area contributed by atoms with Crippen LogP contribution in [0, 0.1) is 0 Å². The Balaban J connectivity index is 2.06. The highest BCUT2D eigenvalue weighted by Crippen LogP contribution is 2.28. The minimum atomic E-state index is 0.148. The number of rotatable bonds is 5. The molecule has 3 aromatic rings. The van der Waals surface area contributed by atoms with Crippen LogP contribution in [0.25, 0.3) is 10.9 Å². The molecule has 1 N–H and O–H groups in total. The van der Waals surface area contributed by atoms with Crippen LogP contribution >= 0.6 is 0 Å². The predicted octanol–water partition coefficient (Wildman–Crippen LogP) is 4.09. The van der Waals surface area contributed by atoms with Gasteiger partial charge in [0.1, 0.15) is 5.76 Å². The van der Waals surface area contributed by atoms with Gasteiger partial charge in [-0.05, 0) is 30.3 Å². The van der Waals surface area contributed by atoms with Crippen LogP contribution in [0.3, 0.4) is 0 Å². The van der Waals surface area contributed by atoms with Gasteiger partial charge in [-0.1, -0.05) is 32.0 Å². The molecule has 0 radical (unpaired) electrons. The largest absolute Gasteiger partial charge is 0.469 e. The summed E-state index contributed by atoms with van der Waals surface area (Å²) in [7, 11) is 0. The second-order valence-electron chi connectivity index (χ2n) is 5.10. The molecule has 0 amide bonds. The first-order valence-corrected chi connectivity index (χ1v) is 7.47. The van der Waals surface area contributed by atoms with E-state index in [1.165, 1.54) is 16.5 Å². The molecule has 1 aromatic carbocycles. The zero-order valence-electron chi connectivity index (χ0n) is 12.5. The molecule has 3 heteroatoms. The Morgan fingerprint density at radius 1 is 1.19 bits per heavy atom. The molecule has 3 nitrogen and oxygen atoms in total. The minimum absolute atomic E-state index is 0.148. The number of furan rings is 1. The number of hydrogen-bond acceptors (Lipinski definition) is 3. The van der Waals surface area contributed by atoms with Crippen LogP contribution in [0.4, 0.5) is 0 Å². The van der Waals surface area contributed by atoms with E-state index in [1.54, 1.807) is 6.26 Å². The van der Waals surface area contributed by atoms with E-state index in [1.807, 2.05) is 12.3 Å². The van der Waals surface area contributed by atoms with E-state index >= 15 is 0 Å². The number of pyridine rings is 1. The molecule has 0 bridgehead atoms. The maximum Gasteiger partial charge on any atom is 0.108 e. The molecule has 0 saturated heterocycles. The average Bonchev–Trinajstić information content (AvgIpc) is 3.00. The van der Waals surface area contributed by atoms with Crippen molar-refractivity contribution >= 4 is 10.9 Å². The van der Waals surface area contributed by atoms with Crippen molar-refractivity contribution in [1.82, 2.24) is 10.3 Å². The van der Waals surface area contributed by atoms with Gasteiger partial charge in [-0.15, -0.1) is 0 Å². The highest BCUT2D eigenvalue weighted by Gasteiger charge is 2.18. The monoisotopic (exact) mass is 280 g/mol.